The summed E-state index contributed by atoms with van der Waals surface area (Å²) < 4.78 is 0. The van der Waals surface area contributed by atoms with Crippen LogP contribution in [0.3, 0.4) is 0 Å². The number of carbonyl (C=O) groups is 2. The molecule has 122 valence electrons. The molecule has 0 aliphatic rings. The molecule has 2 aromatic heterocycles. The summed E-state index contributed by atoms with van der Waals surface area (Å²) in [5, 5.41) is 4.64. The molecule has 0 aromatic carbocycles. The monoisotopic (exact) mass is 331 g/mol. The summed E-state index contributed by atoms with van der Waals surface area (Å²) >= 11 is 1.35. The van der Waals surface area contributed by atoms with Crippen molar-refractivity contribution in [1.82, 2.24) is 15.2 Å². The van der Waals surface area contributed by atoms with Gasteiger partial charge in [-0.1, -0.05) is 6.07 Å². The van der Waals surface area contributed by atoms with E-state index in [1.807, 2.05) is 24.4 Å². The average Bonchev–Trinajstić information content (AvgIpc) is 3.02. The summed E-state index contributed by atoms with van der Waals surface area (Å²) in [5.74, 6) is -0.370. The number of aryl methyl sites for hydroxylation is 1. The largest absolute Gasteiger partial charge is 0.339 e. The van der Waals surface area contributed by atoms with Gasteiger partial charge in [-0.15, -0.1) is 11.3 Å². The van der Waals surface area contributed by atoms with Crippen LogP contribution in [0.25, 0.3) is 0 Å². The molecule has 6 heteroatoms. The third kappa shape index (κ3) is 4.16. The molecular weight excluding hydrogens is 310 g/mol. The second-order valence-corrected chi connectivity index (χ2v) is 6.97. The highest BCUT2D eigenvalue weighted by Crippen LogP contribution is 2.15. The van der Waals surface area contributed by atoms with Gasteiger partial charge in [0.1, 0.15) is 5.54 Å². The lowest BCUT2D eigenvalue weighted by Crippen LogP contribution is -2.54. The number of rotatable bonds is 5. The van der Waals surface area contributed by atoms with Crippen molar-refractivity contribution in [3.63, 3.8) is 0 Å². The Hall–Kier alpha value is -2.21. The summed E-state index contributed by atoms with van der Waals surface area (Å²) in [6.07, 6.45) is 3.49. The van der Waals surface area contributed by atoms with E-state index in [0.717, 1.165) is 11.1 Å². The minimum absolute atomic E-state index is 0.140. The summed E-state index contributed by atoms with van der Waals surface area (Å²) in [7, 11) is 1.74. The van der Waals surface area contributed by atoms with Gasteiger partial charge in [0.15, 0.2) is 0 Å². The van der Waals surface area contributed by atoms with Crippen molar-refractivity contribution in [2.45, 2.75) is 32.9 Å². The maximum absolute atomic E-state index is 12.7. The molecular formula is C17H21N3O2S. The van der Waals surface area contributed by atoms with Gasteiger partial charge in [0.05, 0.1) is 4.88 Å². The molecule has 0 saturated heterocycles. The van der Waals surface area contributed by atoms with Crippen LogP contribution in [0.5, 0.6) is 0 Å². The number of hydrogen-bond donors (Lipinski definition) is 1. The molecule has 2 heterocycles. The summed E-state index contributed by atoms with van der Waals surface area (Å²) in [5.41, 5.74) is 1.10. The first-order chi connectivity index (χ1) is 10.8. The molecule has 1 N–H and O–H groups in total. The summed E-state index contributed by atoms with van der Waals surface area (Å²) in [4.78, 5) is 31.1. The lowest BCUT2D eigenvalue weighted by Gasteiger charge is -2.30. The molecule has 0 atom stereocenters. The molecule has 0 bridgehead atoms. The summed E-state index contributed by atoms with van der Waals surface area (Å²) in [6, 6.07) is 5.45. The molecule has 2 amide bonds. The van der Waals surface area contributed by atoms with Crippen molar-refractivity contribution in [3.8, 4) is 0 Å². The van der Waals surface area contributed by atoms with Gasteiger partial charge in [0.25, 0.3) is 5.91 Å². The maximum Gasteiger partial charge on any atom is 0.262 e. The second kappa shape index (κ2) is 6.91. The Morgan fingerprint density at radius 3 is 2.70 bits per heavy atom. The number of nitrogens with zero attached hydrogens (tertiary/aromatic N) is 2. The fourth-order valence-electron chi connectivity index (χ4n) is 2.29. The van der Waals surface area contributed by atoms with E-state index in [1.54, 1.807) is 44.3 Å². The van der Waals surface area contributed by atoms with Crippen molar-refractivity contribution in [2.75, 3.05) is 7.05 Å². The van der Waals surface area contributed by atoms with Gasteiger partial charge in [0.2, 0.25) is 5.91 Å². The SMILES string of the molecule is Cc1cnccc1CN(C)C(=O)C(C)(C)NC(=O)c1cccs1. The van der Waals surface area contributed by atoms with Gasteiger partial charge in [0, 0.05) is 26.0 Å². The van der Waals surface area contributed by atoms with Gasteiger partial charge in [-0.2, -0.15) is 0 Å². The Morgan fingerprint density at radius 1 is 1.35 bits per heavy atom. The lowest BCUT2D eigenvalue weighted by molar-refractivity contribution is -0.136. The number of nitrogens with one attached hydrogen (secondary N) is 1. The van der Waals surface area contributed by atoms with Gasteiger partial charge in [-0.25, -0.2) is 0 Å². The lowest BCUT2D eigenvalue weighted by atomic mass is 10.0. The summed E-state index contributed by atoms with van der Waals surface area (Å²) in [6.45, 7) is 5.88. The first-order valence-corrected chi connectivity index (χ1v) is 8.20. The van der Waals surface area contributed by atoms with Crippen LogP contribution in [0.4, 0.5) is 0 Å². The number of carbonyl (C=O) groups excluding carboxylic acids is 2. The van der Waals surface area contributed by atoms with Gasteiger partial charge >= 0.3 is 0 Å². The Morgan fingerprint density at radius 2 is 2.09 bits per heavy atom. The highest BCUT2D eigenvalue weighted by molar-refractivity contribution is 7.12. The number of amides is 2. The van der Waals surface area contributed by atoms with Crippen LogP contribution in [-0.4, -0.2) is 34.3 Å². The molecule has 0 unspecified atom stereocenters. The number of aromatic nitrogens is 1. The minimum Gasteiger partial charge on any atom is -0.339 e. The Labute approximate surface area is 140 Å². The fraction of sp³-hybridized carbons (Fsp3) is 0.353. The Balaban J connectivity index is 2.05. The highest BCUT2D eigenvalue weighted by Gasteiger charge is 2.32. The topological polar surface area (TPSA) is 62.3 Å². The smallest absolute Gasteiger partial charge is 0.262 e. The third-order valence-corrected chi connectivity index (χ3v) is 4.46. The van der Waals surface area contributed by atoms with Crippen LogP contribution in [0.2, 0.25) is 0 Å². The van der Waals surface area contributed by atoms with Crippen LogP contribution in [-0.2, 0) is 11.3 Å². The molecule has 0 aliphatic carbocycles. The highest BCUT2D eigenvalue weighted by atomic mass is 32.1. The number of pyridine rings is 1. The second-order valence-electron chi connectivity index (χ2n) is 6.02. The van der Waals surface area contributed by atoms with E-state index in [9.17, 15) is 9.59 Å². The van der Waals surface area contributed by atoms with E-state index >= 15 is 0 Å². The Kier molecular flexibility index (Phi) is 5.15. The first-order valence-electron chi connectivity index (χ1n) is 7.32. The zero-order chi connectivity index (χ0) is 17.0. The standard InChI is InChI=1S/C17H21N3O2S/c1-12-10-18-8-7-13(12)11-20(4)16(22)17(2,3)19-15(21)14-6-5-9-23-14/h5-10H,11H2,1-4H3,(H,19,21). The van der Waals surface area contributed by atoms with E-state index in [-0.39, 0.29) is 11.8 Å². The van der Waals surface area contributed by atoms with E-state index in [2.05, 4.69) is 10.3 Å². The van der Waals surface area contributed by atoms with Crippen molar-refractivity contribution in [1.29, 1.82) is 0 Å². The van der Waals surface area contributed by atoms with Gasteiger partial charge < -0.3 is 10.2 Å². The molecule has 0 radical (unpaired) electrons. The Bertz CT molecular complexity index is 696. The molecule has 2 aromatic rings. The fourth-order valence-corrected chi connectivity index (χ4v) is 2.91. The predicted octanol–water partition coefficient (Wildman–Crippen LogP) is 2.62. The molecule has 0 fully saturated rings. The molecule has 2 rings (SSSR count). The van der Waals surface area contributed by atoms with Crippen molar-refractivity contribution >= 4 is 23.2 Å². The minimum atomic E-state index is -0.975. The quantitative estimate of drug-likeness (QED) is 0.916. The first kappa shape index (κ1) is 17.1. The average molecular weight is 331 g/mol. The van der Waals surface area contributed by atoms with Crippen LogP contribution < -0.4 is 5.32 Å². The zero-order valence-corrected chi connectivity index (χ0v) is 14.6. The predicted molar refractivity (Wildman–Crippen MR) is 91.3 cm³/mol. The van der Waals surface area contributed by atoms with E-state index in [1.165, 1.54) is 11.3 Å². The van der Waals surface area contributed by atoms with Gasteiger partial charge in [-0.3, -0.25) is 14.6 Å². The van der Waals surface area contributed by atoms with E-state index < -0.39 is 5.54 Å². The van der Waals surface area contributed by atoms with Crippen LogP contribution in [0.1, 0.15) is 34.6 Å². The molecule has 23 heavy (non-hydrogen) atoms. The van der Waals surface area contributed by atoms with Crippen molar-refractivity contribution in [2.24, 2.45) is 0 Å². The third-order valence-electron chi connectivity index (χ3n) is 3.60. The van der Waals surface area contributed by atoms with Crippen molar-refractivity contribution < 1.29 is 9.59 Å². The molecule has 0 spiro atoms. The molecule has 5 nitrogen and oxygen atoms in total. The molecule has 0 aliphatic heterocycles. The van der Waals surface area contributed by atoms with E-state index in [0.29, 0.717) is 11.4 Å². The molecule has 0 saturated carbocycles. The van der Waals surface area contributed by atoms with Crippen LogP contribution in [0.15, 0.2) is 36.0 Å². The van der Waals surface area contributed by atoms with Crippen LogP contribution >= 0.6 is 11.3 Å². The number of thiophene rings is 1. The number of likely N-dealkylation sites (N-methyl/N-ethyl adjacent to an activating group) is 1. The van der Waals surface area contributed by atoms with Crippen LogP contribution in [0, 0.1) is 6.92 Å². The van der Waals surface area contributed by atoms with Gasteiger partial charge in [-0.05, 0) is 49.4 Å². The normalized spacial score (nSPS) is 11.1. The van der Waals surface area contributed by atoms with E-state index in [4.69, 9.17) is 0 Å². The maximum atomic E-state index is 12.7. The van der Waals surface area contributed by atoms with Crippen molar-refractivity contribution in [3.05, 3.63) is 52.0 Å². The number of hydrogen-bond acceptors (Lipinski definition) is 4. The zero-order valence-electron chi connectivity index (χ0n) is 13.8.